The third kappa shape index (κ3) is 6.07. The molecule has 204 valence electrons. The summed E-state index contributed by atoms with van der Waals surface area (Å²) in [6.45, 7) is 7.42. The SMILES string of the molecule is CC(C)(C)c1ccc(S(=O)(=O)Nc2ccc3[nH]c(OC(=O)NC4CCOCC4)c(-c4ccncc4)c3c2)cc1. The van der Waals surface area contributed by atoms with E-state index in [-0.39, 0.29) is 22.2 Å². The van der Waals surface area contributed by atoms with E-state index in [9.17, 15) is 13.2 Å². The van der Waals surface area contributed by atoms with Crippen LogP contribution in [-0.4, -0.2) is 43.7 Å². The number of ether oxygens (including phenoxy) is 2. The highest BCUT2D eigenvalue weighted by atomic mass is 32.2. The first-order chi connectivity index (χ1) is 18.6. The minimum atomic E-state index is -3.83. The zero-order chi connectivity index (χ0) is 27.6. The van der Waals surface area contributed by atoms with E-state index >= 15 is 0 Å². The number of carbonyl (C=O) groups is 1. The van der Waals surface area contributed by atoms with Crippen LogP contribution in [-0.2, 0) is 20.2 Å². The number of aromatic nitrogens is 2. The number of nitrogens with zero attached hydrogens (tertiary/aromatic N) is 1. The molecule has 0 unspecified atom stereocenters. The molecule has 3 N–H and O–H groups in total. The molecule has 3 heterocycles. The molecule has 2 aromatic heterocycles. The van der Waals surface area contributed by atoms with E-state index in [4.69, 9.17) is 9.47 Å². The van der Waals surface area contributed by atoms with Crippen molar-refractivity contribution in [2.45, 2.75) is 50.0 Å². The molecule has 1 amide bonds. The number of benzene rings is 2. The second-order valence-corrected chi connectivity index (χ2v) is 12.3. The number of pyridine rings is 1. The summed E-state index contributed by atoms with van der Waals surface area (Å²) in [5.41, 5.74) is 3.43. The normalized spacial score (nSPS) is 14.7. The van der Waals surface area contributed by atoms with Gasteiger partial charge in [-0.1, -0.05) is 32.9 Å². The minimum absolute atomic E-state index is 0.0153. The second kappa shape index (κ2) is 10.7. The van der Waals surface area contributed by atoms with Crippen molar-refractivity contribution in [3.63, 3.8) is 0 Å². The Labute approximate surface area is 228 Å². The van der Waals surface area contributed by atoms with Gasteiger partial charge in [-0.05, 0) is 71.8 Å². The fourth-order valence-electron chi connectivity index (χ4n) is 4.59. The van der Waals surface area contributed by atoms with Crippen LogP contribution in [0.4, 0.5) is 10.5 Å². The smallest absolute Gasteiger partial charge is 0.393 e. The lowest BCUT2D eigenvalue weighted by molar-refractivity contribution is 0.0777. The number of sulfonamides is 1. The Bertz CT molecular complexity index is 1570. The van der Waals surface area contributed by atoms with E-state index in [0.717, 1.165) is 24.0 Å². The van der Waals surface area contributed by atoms with E-state index in [1.807, 2.05) is 12.1 Å². The molecule has 4 aromatic rings. The molecule has 10 heteroatoms. The van der Waals surface area contributed by atoms with E-state index in [0.29, 0.717) is 35.4 Å². The van der Waals surface area contributed by atoms with Crippen LogP contribution < -0.4 is 14.8 Å². The molecule has 0 radical (unpaired) electrons. The van der Waals surface area contributed by atoms with Gasteiger partial charge in [-0.2, -0.15) is 0 Å². The molecule has 1 aliphatic rings. The second-order valence-electron chi connectivity index (χ2n) is 10.6. The van der Waals surface area contributed by atoms with Gasteiger partial charge in [0.1, 0.15) is 0 Å². The van der Waals surface area contributed by atoms with E-state index in [1.165, 1.54) is 0 Å². The first kappa shape index (κ1) is 26.7. The zero-order valence-electron chi connectivity index (χ0n) is 22.2. The van der Waals surface area contributed by atoms with Gasteiger partial charge in [0.15, 0.2) is 0 Å². The van der Waals surface area contributed by atoms with E-state index in [1.54, 1.807) is 54.9 Å². The van der Waals surface area contributed by atoms with Gasteiger partial charge in [-0.25, -0.2) is 13.2 Å². The fourth-order valence-corrected chi connectivity index (χ4v) is 5.64. The number of fused-ring (bicyclic) bond motifs is 1. The minimum Gasteiger partial charge on any atom is -0.393 e. The Balaban J connectivity index is 1.45. The van der Waals surface area contributed by atoms with Crippen molar-refractivity contribution in [3.05, 3.63) is 72.6 Å². The van der Waals surface area contributed by atoms with Gasteiger partial charge in [0, 0.05) is 48.2 Å². The highest BCUT2D eigenvalue weighted by molar-refractivity contribution is 7.92. The molecule has 1 aliphatic heterocycles. The number of anilines is 1. The maximum absolute atomic E-state index is 13.2. The average molecular weight is 549 g/mol. The maximum Gasteiger partial charge on any atom is 0.414 e. The number of hydrogen-bond acceptors (Lipinski definition) is 6. The molecule has 1 fully saturated rings. The Kier molecular flexibility index (Phi) is 7.33. The van der Waals surface area contributed by atoms with E-state index in [2.05, 4.69) is 40.8 Å². The molecule has 9 nitrogen and oxygen atoms in total. The quantitative estimate of drug-likeness (QED) is 0.288. The average Bonchev–Trinajstić information content (AvgIpc) is 3.26. The summed E-state index contributed by atoms with van der Waals surface area (Å²) < 4.78 is 40.1. The number of carbonyl (C=O) groups excluding carboxylic acids is 1. The van der Waals surface area contributed by atoms with Gasteiger partial charge in [0.25, 0.3) is 10.0 Å². The van der Waals surface area contributed by atoms with Crippen LogP contribution in [0.5, 0.6) is 5.88 Å². The highest BCUT2D eigenvalue weighted by Crippen LogP contribution is 2.39. The Hall–Kier alpha value is -3.89. The maximum atomic E-state index is 13.2. The fraction of sp³-hybridized carbons (Fsp3) is 0.310. The number of H-pyrrole nitrogens is 1. The molecule has 39 heavy (non-hydrogen) atoms. The Morgan fingerprint density at radius 2 is 1.72 bits per heavy atom. The lowest BCUT2D eigenvalue weighted by atomic mass is 9.87. The predicted octanol–water partition coefficient (Wildman–Crippen LogP) is 5.60. The van der Waals surface area contributed by atoms with Gasteiger partial charge in [-0.15, -0.1) is 0 Å². The molecule has 0 atom stereocenters. The third-order valence-corrected chi connectivity index (χ3v) is 8.15. The van der Waals surface area contributed by atoms with Crippen molar-refractivity contribution < 1.29 is 22.7 Å². The molecule has 0 aliphatic carbocycles. The molecule has 0 spiro atoms. The monoisotopic (exact) mass is 548 g/mol. The molecule has 0 saturated carbocycles. The molecular weight excluding hydrogens is 516 g/mol. The summed E-state index contributed by atoms with van der Waals surface area (Å²) in [7, 11) is -3.83. The van der Waals surface area contributed by atoms with Crippen LogP contribution >= 0.6 is 0 Å². The van der Waals surface area contributed by atoms with E-state index < -0.39 is 16.1 Å². The molecule has 1 saturated heterocycles. The third-order valence-electron chi connectivity index (χ3n) is 6.75. The summed E-state index contributed by atoms with van der Waals surface area (Å²) in [6, 6.07) is 15.6. The molecule has 0 bridgehead atoms. The summed E-state index contributed by atoms with van der Waals surface area (Å²) >= 11 is 0. The van der Waals surface area contributed by atoms with Crippen LogP contribution in [0.25, 0.3) is 22.0 Å². The molecule has 2 aromatic carbocycles. The first-order valence-corrected chi connectivity index (χ1v) is 14.3. The number of nitrogens with one attached hydrogen (secondary N) is 3. The summed E-state index contributed by atoms with van der Waals surface area (Å²) in [5.74, 6) is 0.263. The summed E-state index contributed by atoms with van der Waals surface area (Å²) in [6.07, 6.45) is 4.17. The van der Waals surface area contributed by atoms with Gasteiger partial charge in [-0.3, -0.25) is 9.71 Å². The zero-order valence-corrected chi connectivity index (χ0v) is 23.0. The number of rotatable bonds is 6. The number of aromatic amines is 1. The Morgan fingerprint density at radius 3 is 2.38 bits per heavy atom. The van der Waals surface area contributed by atoms with Crippen molar-refractivity contribution in [1.82, 2.24) is 15.3 Å². The largest absolute Gasteiger partial charge is 0.414 e. The highest BCUT2D eigenvalue weighted by Gasteiger charge is 2.23. The van der Waals surface area contributed by atoms with Gasteiger partial charge >= 0.3 is 6.09 Å². The first-order valence-electron chi connectivity index (χ1n) is 12.9. The van der Waals surface area contributed by atoms with Crippen LogP contribution in [0.2, 0.25) is 0 Å². The Morgan fingerprint density at radius 1 is 1.03 bits per heavy atom. The van der Waals surface area contributed by atoms with Gasteiger partial charge < -0.3 is 19.8 Å². The van der Waals surface area contributed by atoms with Crippen LogP contribution in [0.3, 0.4) is 0 Å². The van der Waals surface area contributed by atoms with Crippen molar-refractivity contribution >= 4 is 32.7 Å². The lowest BCUT2D eigenvalue weighted by Gasteiger charge is -2.22. The number of amides is 1. The molecular formula is C29H32N4O5S. The van der Waals surface area contributed by atoms with Crippen LogP contribution in [0.15, 0.2) is 71.9 Å². The topological polar surface area (TPSA) is 122 Å². The van der Waals surface area contributed by atoms with Gasteiger partial charge in [0.2, 0.25) is 5.88 Å². The van der Waals surface area contributed by atoms with Crippen molar-refractivity contribution in [2.75, 3.05) is 17.9 Å². The summed E-state index contributed by atoms with van der Waals surface area (Å²) in [5, 5.41) is 3.59. The van der Waals surface area contributed by atoms with Crippen LogP contribution in [0.1, 0.15) is 39.2 Å². The van der Waals surface area contributed by atoms with Crippen LogP contribution in [0, 0.1) is 0 Å². The molecule has 5 rings (SSSR count). The van der Waals surface area contributed by atoms with Gasteiger partial charge in [0.05, 0.1) is 10.5 Å². The summed E-state index contributed by atoms with van der Waals surface area (Å²) in [4.78, 5) is 20.2. The van der Waals surface area contributed by atoms with Crippen molar-refractivity contribution in [3.8, 4) is 17.0 Å². The number of hydrogen-bond donors (Lipinski definition) is 3. The lowest BCUT2D eigenvalue weighted by Crippen LogP contribution is -2.40. The standard InChI is InChI=1S/C29H32N4O5S/c1-29(2,3)20-4-7-23(8-5-20)39(35,36)33-22-6-9-25-24(18-22)26(19-10-14-30-15-11-19)27(32-25)38-28(34)31-21-12-16-37-17-13-21/h4-11,14-15,18,21,32-33H,12-13,16-17H2,1-3H3,(H,31,34). The predicted molar refractivity (Wildman–Crippen MR) is 150 cm³/mol. The van der Waals surface area contributed by atoms with Crippen molar-refractivity contribution in [1.29, 1.82) is 0 Å². The van der Waals surface area contributed by atoms with Crippen molar-refractivity contribution in [2.24, 2.45) is 0 Å².